The van der Waals surface area contributed by atoms with Gasteiger partial charge in [0, 0.05) is 11.8 Å². The molecule has 0 bridgehead atoms. The number of hydrogen-bond acceptors (Lipinski definition) is 4. The minimum Gasteiger partial charge on any atom is -0.369 e. The highest BCUT2D eigenvalue weighted by Gasteiger charge is 2.36. The van der Waals surface area contributed by atoms with E-state index in [-0.39, 0.29) is 37.9 Å². The van der Waals surface area contributed by atoms with E-state index in [9.17, 15) is 14.4 Å². The van der Waals surface area contributed by atoms with Gasteiger partial charge in [-0.2, -0.15) is 5.26 Å². The second-order valence-electron chi connectivity index (χ2n) is 5.53. The van der Waals surface area contributed by atoms with E-state index in [1.165, 1.54) is 0 Å². The molecule has 1 fully saturated rings. The zero-order valence-corrected chi connectivity index (χ0v) is 11.6. The lowest BCUT2D eigenvalue weighted by Crippen LogP contribution is -2.66. The third kappa shape index (κ3) is 3.85. The van der Waals surface area contributed by atoms with Crippen LogP contribution in [0.25, 0.3) is 0 Å². The molecule has 1 aliphatic heterocycles. The van der Waals surface area contributed by atoms with Gasteiger partial charge in [0.2, 0.25) is 11.8 Å². The molecular formula is C12H19N5O3. The molecule has 0 saturated carbocycles. The Bertz CT molecular complexity index is 456. The average molecular weight is 281 g/mol. The quantitative estimate of drug-likeness (QED) is 0.512. The first kappa shape index (κ1) is 15.8. The minimum atomic E-state index is -1.16. The maximum absolute atomic E-state index is 11.9. The zero-order chi connectivity index (χ0) is 15.4. The summed E-state index contributed by atoms with van der Waals surface area (Å²) in [7, 11) is 0. The van der Waals surface area contributed by atoms with Gasteiger partial charge in [0.05, 0.1) is 19.2 Å². The Morgan fingerprint density at radius 1 is 1.45 bits per heavy atom. The van der Waals surface area contributed by atoms with Crippen molar-refractivity contribution in [2.24, 2.45) is 11.1 Å². The molecule has 8 nitrogen and oxygen atoms in total. The fraction of sp³-hybridized carbons (Fsp3) is 0.667. The molecule has 5 N–H and O–H groups in total. The summed E-state index contributed by atoms with van der Waals surface area (Å²) in [6, 6.07) is 1.61. The van der Waals surface area contributed by atoms with E-state index in [0.717, 1.165) is 0 Å². The summed E-state index contributed by atoms with van der Waals surface area (Å²) in [5.41, 5.74) is 3.28. The summed E-state index contributed by atoms with van der Waals surface area (Å²) in [5, 5.41) is 16.7. The van der Waals surface area contributed by atoms with Gasteiger partial charge in [0.1, 0.15) is 0 Å². The molecule has 0 aromatic rings. The van der Waals surface area contributed by atoms with Crippen molar-refractivity contribution in [3.05, 3.63) is 0 Å². The van der Waals surface area contributed by atoms with E-state index < -0.39 is 16.9 Å². The molecule has 4 amide bonds. The van der Waals surface area contributed by atoms with Gasteiger partial charge in [-0.1, -0.05) is 13.8 Å². The summed E-state index contributed by atoms with van der Waals surface area (Å²) in [4.78, 5) is 34.0. The number of nitrogens with one attached hydrogen (secondary N) is 3. The predicted molar refractivity (Wildman–Crippen MR) is 70.1 cm³/mol. The van der Waals surface area contributed by atoms with Crippen molar-refractivity contribution in [2.75, 3.05) is 13.1 Å². The molecule has 0 aromatic heterocycles. The van der Waals surface area contributed by atoms with Crippen molar-refractivity contribution in [2.45, 2.75) is 32.2 Å². The summed E-state index contributed by atoms with van der Waals surface area (Å²) < 4.78 is 0. The molecule has 1 heterocycles. The third-order valence-corrected chi connectivity index (χ3v) is 3.34. The number of hydrogen-bond donors (Lipinski definition) is 4. The van der Waals surface area contributed by atoms with Gasteiger partial charge in [-0.15, -0.1) is 0 Å². The van der Waals surface area contributed by atoms with Crippen molar-refractivity contribution >= 4 is 17.8 Å². The van der Waals surface area contributed by atoms with E-state index in [4.69, 9.17) is 11.0 Å². The second-order valence-corrected chi connectivity index (χ2v) is 5.53. The molecule has 110 valence electrons. The molecule has 8 heteroatoms. The number of carbonyl (C=O) groups excluding carboxylic acids is 3. The van der Waals surface area contributed by atoms with Crippen molar-refractivity contribution in [1.29, 1.82) is 5.26 Å². The molecule has 0 radical (unpaired) electrons. The lowest BCUT2D eigenvalue weighted by Gasteiger charge is -2.32. The predicted octanol–water partition coefficient (Wildman–Crippen LogP) is -1.03. The van der Waals surface area contributed by atoms with Gasteiger partial charge in [0.25, 0.3) is 0 Å². The smallest absolute Gasteiger partial charge is 0.315 e. The fourth-order valence-corrected chi connectivity index (χ4v) is 1.66. The van der Waals surface area contributed by atoms with Crippen LogP contribution >= 0.6 is 0 Å². The van der Waals surface area contributed by atoms with E-state index in [0.29, 0.717) is 0 Å². The first-order valence-corrected chi connectivity index (χ1v) is 6.25. The number of nitrogens with two attached hydrogens (primary N) is 1. The first-order valence-electron chi connectivity index (χ1n) is 6.25. The molecule has 0 unspecified atom stereocenters. The van der Waals surface area contributed by atoms with Gasteiger partial charge < -0.3 is 21.7 Å². The normalized spacial score (nSPS) is 17.4. The Morgan fingerprint density at radius 3 is 2.45 bits per heavy atom. The van der Waals surface area contributed by atoms with Crippen LogP contribution in [-0.4, -0.2) is 36.5 Å². The van der Waals surface area contributed by atoms with Gasteiger partial charge in [0.15, 0.2) is 5.54 Å². The van der Waals surface area contributed by atoms with Gasteiger partial charge in [-0.25, -0.2) is 4.79 Å². The molecule has 1 rings (SSSR count). The summed E-state index contributed by atoms with van der Waals surface area (Å²) in [6.45, 7) is 3.40. The van der Waals surface area contributed by atoms with Crippen LogP contribution in [0.2, 0.25) is 0 Å². The summed E-state index contributed by atoms with van der Waals surface area (Å²) in [5.74, 6) is -0.842. The summed E-state index contributed by atoms with van der Waals surface area (Å²) in [6.07, 6.45) is 0.364. The average Bonchev–Trinajstić information content (AvgIpc) is 2.39. The van der Waals surface area contributed by atoms with Crippen molar-refractivity contribution in [3.8, 4) is 6.07 Å². The standard InChI is InChI=1S/C12H19N5O3/c1-11(2,9(14)19)4-3-8(18)17-12(5-13)6-15-10(20)16-7-12/h3-4,6-7H2,1-2H3,(H2,14,19)(H,17,18)(H2,15,16,20). The Balaban J connectivity index is 2.55. The van der Waals surface area contributed by atoms with Crippen LogP contribution in [-0.2, 0) is 9.59 Å². The third-order valence-electron chi connectivity index (χ3n) is 3.34. The molecule has 20 heavy (non-hydrogen) atoms. The monoisotopic (exact) mass is 281 g/mol. The second kappa shape index (κ2) is 5.77. The number of amides is 4. The van der Waals surface area contributed by atoms with Crippen LogP contribution < -0.4 is 21.7 Å². The van der Waals surface area contributed by atoms with Crippen molar-refractivity contribution < 1.29 is 14.4 Å². The van der Waals surface area contributed by atoms with Crippen molar-refractivity contribution in [3.63, 3.8) is 0 Å². The summed E-state index contributed by atoms with van der Waals surface area (Å²) >= 11 is 0. The Morgan fingerprint density at radius 2 is 2.00 bits per heavy atom. The maximum atomic E-state index is 11.9. The van der Waals surface area contributed by atoms with Crippen LogP contribution in [0.1, 0.15) is 26.7 Å². The van der Waals surface area contributed by atoms with Gasteiger partial charge in [-0.05, 0) is 6.42 Å². The van der Waals surface area contributed by atoms with Gasteiger partial charge >= 0.3 is 6.03 Å². The van der Waals surface area contributed by atoms with E-state index >= 15 is 0 Å². The van der Waals surface area contributed by atoms with E-state index in [2.05, 4.69) is 16.0 Å². The fourth-order valence-electron chi connectivity index (χ4n) is 1.66. The molecule has 0 atom stereocenters. The van der Waals surface area contributed by atoms with Crippen LogP contribution in [0.3, 0.4) is 0 Å². The molecule has 0 spiro atoms. The maximum Gasteiger partial charge on any atom is 0.315 e. The molecule has 1 aliphatic rings. The number of primary amides is 1. The Kier molecular flexibility index (Phi) is 4.55. The van der Waals surface area contributed by atoms with Crippen LogP contribution in [0.15, 0.2) is 0 Å². The Hall–Kier alpha value is -2.30. The topological polar surface area (TPSA) is 137 Å². The lowest BCUT2D eigenvalue weighted by molar-refractivity contribution is -0.127. The van der Waals surface area contributed by atoms with Crippen LogP contribution in [0, 0.1) is 16.7 Å². The molecule has 1 saturated heterocycles. The molecule has 0 aromatic carbocycles. The number of nitrogens with zero attached hydrogens (tertiary/aromatic N) is 1. The SMILES string of the molecule is CC(C)(CCC(=O)NC1(C#N)CNC(=O)NC1)C(N)=O. The van der Waals surface area contributed by atoms with E-state index in [1.54, 1.807) is 13.8 Å². The largest absolute Gasteiger partial charge is 0.369 e. The van der Waals surface area contributed by atoms with Crippen LogP contribution in [0.4, 0.5) is 4.79 Å². The highest BCUT2D eigenvalue weighted by molar-refractivity contribution is 5.82. The van der Waals surface area contributed by atoms with Crippen molar-refractivity contribution in [1.82, 2.24) is 16.0 Å². The minimum absolute atomic E-state index is 0.0420. The highest BCUT2D eigenvalue weighted by Crippen LogP contribution is 2.21. The first-order chi connectivity index (χ1) is 9.21. The highest BCUT2D eigenvalue weighted by atomic mass is 16.2. The zero-order valence-electron chi connectivity index (χ0n) is 11.6. The van der Waals surface area contributed by atoms with E-state index in [1.807, 2.05) is 6.07 Å². The number of rotatable bonds is 5. The van der Waals surface area contributed by atoms with Gasteiger partial charge in [-0.3, -0.25) is 9.59 Å². The lowest BCUT2D eigenvalue weighted by atomic mass is 9.87. The molecule has 0 aliphatic carbocycles. The van der Waals surface area contributed by atoms with Crippen LogP contribution in [0.5, 0.6) is 0 Å². The molecular weight excluding hydrogens is 262 g/mol. The number of urea groups is 1. The number of nitriles is 1. The number of carbonyl (C=O) groups is 3. The Labute approximate surface area is 117 Å².